The number of likely N-dealkylation sites (N-methyl/N-ethyl adjacent to an activating group) is 1. The molecule has 4 N–H and O–H groups in total. The summed E-state index contributed by atoms with van der Waals surface area (Å²) in [5, 5.41) is 2.82. The molecule has 0 fully saturated rings. The van der Waals surface area contributed by atoms with E-state index in [1.54, 1.807) is 18.3 Å². The summed E-state index contributed by atoms with van der Waals surface area (Å²) < 4.78 is 0. The molecule has 0 unspecified atom stereocenters. The van der Waals surface area contributed by atoms with Crippen LogP contribution >= 0.6 is 0 Å². The first kappa shape index (κ1) is 14.4. The average molecular weight is 251 g/mol. The summed E-state index contributed by atoms with van der Waals surface area (Å²) in [5.41, 5.74) is 3.50. The summed E-state index contributed by atoms with van der Waals surface area (Å²) in [5.74, 6) is 5.09. The van der Waals surface area contributed by atoms with Gasteiger partial charge in [-0.1, -0.05) is 0 Å². The number of pyridine rings is 1. The third-order valence-electron chi connectivity index (χ3n) is 2.79. The van der Waals surface area contributed by atoms with Crippen molar-refractivity contribution >= 4 is 11.6 Å². The zero-order valence-electron chi connectivity index (χ0n) is 11.1. The quantitative estimate of drug-likeness (QED) is 0.504. The van der Waals surface area contributed by atoms with E-state index in [9.17, 15) is 4.79 Å². The molecule has 0 saturated carbocycles. The lowest BCUT2D eigenvalue weighted by Gasteiger charge is -2.20. The Morgan fingerprint density at radius 2 is 2.28 bits per heavy atom. The fraction of sp³-hybridized carbons (Fsp3) is 0.500. The topological polar surface area (TPSA) is 83.3 Å². The molecule has 0 atom stereocenters. The van der Waals surface area contributed by atoms with Gasteiger partial charge in [-0.05, 0) is 33.0 Å². The normalized spacial score (nSPS) is 10.8. The van der Waals surface area contributed by atoms with Crippen molar-refractivity contribution in [3.8, 4) is 0 Å². The van der Waals surface area contributed by atoms with Gasteiger partial charge >= 0.3 is 0 Å². The van der Waals surface area contributed by atoms with Crippen molar-refractivity contribution in [2.24, 2.45) is 5.84 Å². The molecule has 0 aliphatic heterocycles. The van der Waals surface area contributed by atoms with E-state index in [4.69, 9.17) is 5.84 Å². The van der Waals surface area contributed by atoms with Gasteiger partial charge in [-0.25, -0.2) is 0 Å². The second-order valence-electron chi connectivity index (χ2n) is 4.40. The molecule has 18 heavy (non-hydrogen) atoms. The van der Waals surface area contributed by atoms with Crippen molar-refractivity contribution in [3.05, 3.63) is 24.0 Å². The predicted molar refractivity (Wildman–Crippen MR) is 72.1 cm³/mol. The van der Waals surface area contributed by atoms with Gasteiger partial charge in [0.2, 0.25) is 0 Å². The zero-order chi connectivity index (χ0) is 13.5. The molecule has 1 amide bonds. The Morgan fingerprint density at radius 3 is 2.89 bits per heavy atom. The van der Waals surface area contributed by atoms with Crippen LogP contribution in [0.25, 0.3) is 0 Å². The molecule has 6 nitrogen and oxygen atoms in total. The van der Waals surface area contributed by atoms with E-state index in [0.717, 1.165) is 6.54 Å². The van der Waals surface area contributed by atoms with Crippen LogP contribution in [-0.4, -0.2) is 42.0 Å². The van der Waals surface area contributed by atoms with E-state index >= 15 is 0 Å². The Balaban J connectivity index is 2.45. The number of aromatic nitrogens is 1. The number of carbonyl (C=O) groups excluding carboxylic acids is 1. The van der Waals surface area contributed by atoms with Gasteiger partial charge in [-0.15, -0.1) is 0 Å². The fourth-order valence-electron chi connectivity index (χ4n) is 1.34. The summed E-state index contributed by atoms with van der Waals surface area (Å²) in [6, 6.07) is 3.77. The van der Waals surface area contributed by atoms with Crippen LogP contribution in [-0.2, 0) is 0 Å². The largest absolute Gasteiger partial charge is 0.349 e. The highest BCUT2D eigenvalue weighted by atomic mass is 16.1. The monoisotopic (exact) mass is 251 g/mol. The minimum atomic E-state index is -0.191. The van der Waals surface area contributed by atoms with Crippen molar-refractivity contribution in [1.82, 2.24) is 15.2 Å². The third-order valence-corrected chi connectivity index (χ3v) is 2.79. The number of nitrogens with zero attached hydrogens (tertiary/aromatic N) is 2. The molecule has 100 valence electrons. The fourth-order valence-corrected chi connectivity index (χ4v) is 1.34. The van der Waals surface area contributed by atoms with Gasteiger partial charge in [0.15, 0.2) is 0 Å². The molecule has 0 aromatic carbocycles. The van der Waals surface area contributed by atoms with E-state index in [0.29, 0.717) is 24.0 Å². The number of nitrogens with one attached hydrogen (secondary N) is 2. The third kappa shape index (κ3) is 4.31. The molecule has 6 heteroatoms. The molecule has 0 aliphatic rings. The van der Waals surface area contributed by atoms with Gasteiger partial charge in [0.1, 0.15) is 5.69 Å². The van der Waals surface area contributed by atoms with Gasteiger partial charge < -0.3 is 15.6 Å². The van der Waals surface area contributed by atoms with Crippen LogP contribution < -0.4 is 16.6 Å². The lowest BCUT2D eigenvalue weighted by molar-refractivity contribution is 0.0943. The lowest BCUT2D eigenvalue weighted by atomic mass is 10.3. The highest BCUT2D eigenvalue weighted by Gasteiger charge is 2.08. The number of nitrogens with two attached hydrogens (primary N) is 1. The van der Waals surface area contributed by atoms with Crippen molar-refractivity contribution in [1.29, 1.82) is 0 Å². The number of hydrogen-bond acceptors (Lipinski definition) is 5. The first-order valence-electron chi connectivity index (χ1n) is 5.95. The molecule has 0 bridgehead atoms. The average Bonchev–Trinajstić information content (AvgIpc) is 2.38. The standard InChI is InChI=1S/C12H21N5O/c1-9(2)17(3)7-6-15-12(18)11-8-10(16-13)4-5-14-11/h4-5,8-9H,6-7,13H2,1-3H3,(H,14,16)(H,15,18). The van der Waals surface area contributed by atoms with Gasteiger partial charge in [-0.2, -0.15) is 0 Å². The van der Waals surface area contributed by atoms with Gasteiger partial charge in [0.05, 0.1) is 5.69 Å². The maximum Gasteiger partial charge on any atom is 0.269 e. The van der Waals surface area contributed by atoms with Crippen LogP contribution in [0.2, 0.25) is 0 Å². The van der Waals surface area contributed by atoms with Crippen LogP contribution in [0.15, 0.2) is 18.3 Å². The smallest absolute Gasteiger partial charge is 0.269 e. The molecule has 0 aliphatic carbocycles. The summed E-state index contributed by atoms with van der Waals surface area (Å²) in [4.78, 5) is 18.0. The van der Waals surface area contributed by atoms with E-state index < -0.39 is 0 Å². The highest BCUT2D eigenvalue weighted by Crippen LogP contribution is 2.05. The first-order chi connectivity index (χ1) is 8.54. The second-order valence-corrected chi connectivity index (χ2v) is 4.40. The predicted octanol–water partition coefficient (Wildman–Crippen LogP) is 0.437. The van der Waals surface area contributed by atoms with E-state index in [1.807, 2.05) is 7.05 Å². The number of nitrogen functional groups attached to an aromatic ring is 1. The highest BCUT2D eigenvalue weighted by molar-refractivity contribution is 5.93. The van der Waals surface area contributed by atoms with E-state index in [-0.39, 0.29) is 5.91 Å². The van der Waals surface area contributed by atoms with Crippen LogP contribution in [0.4, 0.5) is 5.69 Å². The molecule has 0 spiro atoms. The summed E-state index contributed by atoms with van der Waals surface area (Å²) in [7, 11) is 2.02. The van der Waals surface area contributed by atoms with Crippen LogP contribution in [0.1, 0.15) is 24.3 Å². The van der Waals surface area contributed by atoms with Crippen molar-refractivity contribution in [2.45, 2.75) is 19.9 Å². The number of amides is 1. The Bertz CT molecular complexity index is 394. The van der Waals surface area contributed by atoms with Crippen LogP contribution in [0, 0.1) is 0 Å². The Morgan fingerprint density at radius 1 is 1.56 bits per heavy atom. The molecule has 1 heterocycles. The molecule has 1 aromatic heterocycles. The van der Waals surface area contributed by atoms with Crippen molar-refractivity contribution in [2.75, 3.05) is 25.6 Å². The maximum absolute atomic E-state index is 11.8. The number of rotatable bonds is 6. The minimum absolute atomic E-state index is 0.191. The van der Waals surface area contributed by atoms with Gasteiger partial charge in [0, 0.05) is 25.3 Å². The number of hydrazine groups is 1. The molecular weight excluding hydrogens is 230 g/mol. The Labute approximate surface area is 108 Å². The van der Waals surface area contributed by atoms with E-state index in [1.165, 1.54) is 0 Å². The van der Waals surface area contributed by atoms with Crippen LogP contribution in [0.5, 0.6) is 0 Å². The first-order valence-corrected chi connectivity index (χ1v) is 5.95. The van der Waals surface area contributed by atoms with E-state index in [2.05, 4.69) is 34.5 Å². The Hall–Kier alpha value is -1.66. The lowest BCUT2D eigenvalue weighted by Crippen LogP contribution is -2.36. The number of carbonyl (C=O) groups is 1. The van der Waals surface area contributed by atoms with Gasteiger partial charge in [0.25, 0.3) is 5.91 Å². The number of hydrogen-bond donors (Lipinski definition) is 3. The molecule has 1 rings (SSSR count). The van der Waals surface area contributed by atoms with Crippen molar-refractivity contribution < 1.29 is 4.79 Å². The molecule has 1 aromatic rings. The summed E-state index contributed by atoms with van der Waals surface area (Å²) >= 11 is 0. The van der Waals surface area contributed by atoms with Crippen molar-refractivity contribution in [3.63, 3.8) is 0 Å². The Kier molecular flexibility index (Phi) is 5.54. The summed E-state index contributed by atoms with van der Waals surface area (Å²) in [6.45, 7) is 5.62. The van der Waals surface area contributed by atoms with Crippen LogP contribution in [0.3, 0.4) is 0 Å². The molecular formula is C12H21N5O. The van der Waals surface area contributed by atoms with Gasteiger partial charge in [-0.3, -0.25) is 15.6 Å². The zero-order valence-corrected chi connectivity index (χ0v) is 11.1. The molecule has 0 radical (unpaired) electrons. The summed E-state index contributed by atoms with van der Waals surface area (Å²) in [6.07, 6.45) is 1.55. The molecule has 0 saturated heterocycles. The number of anilines is 1. The minimum Gasteiger partial charge on any atom is -0.349 e. The SMILES string of the molecule is CC(C)N(C)CCNC(=O)c1cc(NN)ccn1. The second kappa shape index (κ2) is 6.93. The maximum atomic E-state index is 11.8.